The lowest BCUT2D eigenvalue weighted by Gasteiger charge is -2.23. The van der Waals surface area contributed by atoms with Crippen LogP contribution in [0.1, 0.15) is 18.5 Å². The second kappa shape index (κ2) is 4.69. The first kappa shape index (κ1) is 12.8. The predicted octanol–water partition coefficient (Wildman–Crippen LogP) is 2.10. The molecule has 0 spiro atoms. The normalized spacial score (nSPS) is 13.6. The number of anilines is 1. The largest absolute Gasteiger partial charge is 0.405 e. The Balaban J connectivity index is 2.95. The van der Waals surface area contributed by atoms with Crippen LogP contribution in [0.3, 0.4) is 0 Å². The van der Waals surface area contributed by atoms with Crippen molar-refractivity contribution in [2.24, 2.45) is 5.73 Å². The van der Waals surface area contributed by atoms with Gasteiger partial charge in [0.2, 0.25) is 0 Å². The third kappa shape index (κ3) is 3.37. The first-order valence-electron chi connectivity index (χ1n) is 4.79. The van der Waals surface area contributed by atoms with Crippen molar-refractivity contribution in [3.63, 3.8) is 0 Å². The molecule has 1 atom stereocenters. The fraction of sp³-hybridized carbons (Fsp3) is 0.500. The molecule has 0 aliphatic carbocycles. The van der Waals surface area contributed by atoms with Crippen molar-refractivity contribution >= 4 is 5.82 Å². The maximum Gasteiger partial charge on any atom is 0.405 e. The van der Waals surface area contributed by atoms with Gasteiger partial charge in [0.1, 0.15) is 12.4 Å². The van der Waals surface area contributed by atoms with E-state index in [4.69, 9.17) is 5.73 Å². The zero-order valence-corrected chi connectivity index (χ0v) is 9.12. The van der Waals surface area contributed by atoms with Gasteiger partial charge in [0.25, 0.3) is 0 Å². The van der Waals surface area contributed by atoms with Crippen molar-refractivity contribution in [3.8, 4) is 0 Å². The third-order valence-electron chi connectivity index (χ3n) is 2.09. The van der Waals surface area contributed by atoms with Crippen LogP contribution < -0.4 is 10.6 Å². The molecule has 0 aliphatic heterocycles. The van der Waals surface area contributed by atoms with Gasteiger partial charge in [0.05, 0.1) is 0 Å². The fourth-order valence-corrected chi connectivity index (χ4v) is 1.43. The van der Waals surface area contributed by atoms with Crippen molar-refractivity contribution < 1.29 is 13.2 Å². The summed E-state index contributed by atoms with van der Waals surface area (Å²) >= 11 is 0. The smallest absolute Gasteiger partial charge is 0.350 e. The van der Waals surface area contributed by atoms with Crippen molar-refractivity contribution in [2.75, 3.05) is 18.5 Å². The van der Waals surface area contributed by atoms with Gasteiger partial charge >= 0.3 is 6.18 Å². The molecule has 6 heteroatoms. The predicted molar refractivity (Wildman–Crippen MR) is 56.2 cm³/mol. The van der Waals surface area contributed by atoms with E-state index in [1.54, 1.807) is 19.1 Å². The van der Waals surface area contributed by atoms with Gasteiger partial charge in [-0.15, -0.1) is 0 Å². The average molecular weight is 233 g/mol. The lowest BCUT2D eigenvalue weighted by atomic mass is 10.1. The van der Waals surface area contributed by atoms with Crippen LogP contribution in [-0.4, -0.2) is 24.8 Å². The minimum absolute atomic E-state index is 0.273. The molecule has 0 fully saturated rings. The van der Waals surface area contributed by atoms with E-state index in [0.29, 0.717) is 5.56 Å². The third-order valence-corrected chi connectivity index (χ3v) is 2.09. The summed E-state index contributed by atoms with van der Waals surface area (Å²) < 4.78 is 36.7. The van der Waals surface area contributed by atoms with Crippen molar-refractivity contribution in [2.45, 2.75) is 19.1 Å². The van der Waals surface area contributed by atoms with Crippen LogP contribution in [-0.2, 0) is 0 Å². The van der Waals surface area contributed by atoms with Crippen molar-refractivity contribution in [3.05, 3.63) is 23.9 Å². The Morgan fingerprint density at radius 2 is 2.12 bits per heavy atom. The second-order valence-corrected chi connectivity index (χ2v) is 3.68. The Morgan fingerprint density at radius 3 is 2.62 bits per heavy atom. The molecule has 1 aromatic rings. The van der Waals surface area contributed by atoms with Crippen LogP contribution in [0.4, 0.5) is 19.0 Å². The topological polar surface area (TPSA) is 42.1 Å². The molecule has 1 rings (SSSR count). The van der Waals surface area contributed by atoms with Crippen LogP contribution in [0.2, 0.25) is 0 Å². The van der Waals surface area contributed by atoms with E-state index < -0.39 is 12.7 Å². The number of hydrogen-bond acceptors (Lipinski definition) is 3. The summed E-state index contributed by atoms with van der Waals surface area (Å²) in [7, 11) is 1.35. The minimum atomic E-state index is -4.25. The minimum Gasteiger partial charge on any atom is -0.350 e. The Morgan fingerprint density at radius 1 is 1.50 bits per heavy atom. The molecule has 0 saturated carbocycles. The van der Waals surface area contributed by atoms with Crippen molar-refractivity contribution in [1.82, 2.24) is 4.98 Å². The first-order chi connectivity index (χ1) is 7.31. The molecule has 0 unspecified atom stereocenters. The molecule has 0 aromatic carbocycles. The Bertz CT molecular complexity index is 349. The Kier molecular flexibility index (Phi) is 3.74. The molecule has 16 heavy (non-hydrogen) atoms. The van der Waals surface area contributed by atoms with Gasteiger partial charge < -0.3 is 10.6 Å². The Labute approximate surface area is 92.1 Å². The summed E-state index contributed by atoms with van der Waals surface area (Å²) in [5, 5.41) is 0. The highest BCUT2D eigenvalue weighted by molar-refractivity contribution is 5.47. The molecule has 1 aromatic heterocycles. The van der Waals surface area contributed by atoms with Gasteiger partial charge in [0.15, 0.2) is 0 Å². The summed E-state index contributed by atoms with van der Waals surface area (Å²) in [6.07, 6.45) is -2.80. The van der Waals surface area contributed by atoms with E-state index in [-0.39, 0.29) is 11.9 Å². The van der Waals surface area contributed by atoms with Gasteiger partial charge in [-0.1, -0.05) is 6.07 Å². The average Bonchev–Trinajstić information content (AvgIpc) is 2.15. The zero-order valence-electron chi connectivity index (χ0n) is 9.12. The monoisotopic (exact) mass is 233 g/mol. The summed E-state index contributed by atoms with van der Waals surface area (Å²) in [6.45, 7) is 0.672. The van der Waals surface area contributed by atoms with E-state index in [9.17, 15) is 13.2 Å². The number of hydrogen-bond donors (Lipinski definition) is 1. The summed E-state index contributed by atoms with van der Waals surface area (Å²) in [5.41, 5.74) is 6.27. The highest BCUT2D eigenvalue weighted by atomic mass is 19.4. The number of halogens is 3. The highest BCUT2D eigenvalue weighted by Crippen LogP contribution is 2.24. The summed E-state index contributed by atoms with van der Waals surface area (Å²) in [4.78, 5) is 4.98. The molecule has 0 aliphatic rings. The molecule has 0 amide bonds. The number of nitrogens with zero attached hydrogens (tertiary/aromatic N) is 2. The SMILES string of the molecule is C[C@@H](N)c1cccnc1N(C)CC(F)(F)F. The van der Waals surface area contributed by atoms with Gasteiger partial charge in [-0.25, -0.2) is 4.98 Å². The quantitative estimate of drug-likeness (QED) is 0.869. The van der Waals surface area contributed by atoms with Crippen LogP contribution in [0.15, 0.2) is 18.3 Å². The Hall–Kier alpha value is -1.30. The second-order valence-electron chi connectivity index (χ2n) is 3.68. The number of alkyl halides is 3. The molecule has 1 heterocycles. The number of nitrogens with two attached hydrogens (primary N) is 1. The number of rotatable bonds is 3. The zero-order chi connectivity index (χ0) is 12.3. The van der Waals surface area contributed by atoms with Crippen LogP contribution in [0, 0.1) is 0 Å². The highest BCUT2D eigenvalue weighted by Gasteiger charge is 2.30. The maximum atomic E-state index is 12.2. The standard InChI is InChI=1S/C10H14F3N3/c1-7(14)8-4-3-5-15-9(8)16(2)6-10(11,12)13/h3-5,7H,6,14H2,1-2H3/t7-/m1/s1. The van der Waals surface area contributed by atoms with E-state index in [2.05, 4.69) is 4.98 Å². The molecule has 0 bridgehead atoms. The van der Waals surface area contributed by atoms with Gasteiger partial charge in [-0.2, -0.15) is 13.2 Å². The molecule has 0 radical (unpaired) electrons. The van der Waals surface area contributed by atoms with E-state index in [1.807, 2.05) is 0 Å². The maximum absolute atomic E-state index is 12.2. The van der Waals surface area contributed by atoms with Gasteiger partial charge in [-0.3, -0.25) is 0 Å². The molecule has 3 nitrogen and oxygen atoms in total. The lowest BCUT2D eigenvalue weighted by Crippen LogP contribution is -2.32. The number of aromatic nitrogens is 1. The molecule has 90 valence electrons. The van der Waals surface area contributed by atoms with Gasteiger partial charge in [0, 0.05) is 24.8 Å². The van der Waals surface area contributed by atoms with E-state index in [0.717, 1.165) is 4.90 Å². The van der Waals surface area contributed by atoms with Crippen LogP contribution >= 0.6 is 0 Å². The van der Waals surface area contributed by atoms with Crippen LogP contribution in [0.5, 0.6) is 0 Å². The number of pyridine rings is 1. The first-order valence-corrected chi connectivity index (χ1v) is 4.79. The van der Waals surface area contributed by atoms with E-state index >= 15 is 0 Å². The molecular formula is C10H14F3N3. The fourth-order valence-electron chi connectivity index (χ4n) is 1.43. The lowest BCUT2D eigenvalue weighted by molar-refractivity contribution is -0.119. The molecule has 0 saturated heterocycles. The van der Waals surface area contributed by atoms with E-state index in [1.165, 1.54) is 13.2 Å². The summed E-state index contributed by atoms with van der Waals surface area (Å²) in [6, 6.07) is 2.99. The van der Waals surface area contributed by atoms with Crippen molar-refractivity contribution in [1.29, 1.82) is 0 Å². The van der Waals surface area contributed by atoms with Gasteiger partial charge in [-0.05, 0) is 13.0 Å². The molecular weight excluding hydrogens is 219 g/mol. The molecule has 2 N–H and O–H groups in total. The van der Waals surface area contributed by atoms with Crippen LogP contribution in [0.25, 0.3) is 0 Å². The summed E-state index contributed by atoms with van der Waals surface area (Å²) in [5.74, 6) is 0.273.